The van der Waals surface area contributed by atoms with Crippen LogP contribution in [0.25, 0.3) is 0 Å². The van der Waals surface area contributed by atoms with E-state index in [1.54, 1.807) is 24.3 Å². The van der Waals surface area contributed by atoms with E-state index in [9.17, 15) is 14.9 Å². The first-order chi connectivity index (χ1) is 11.0. The van der Waals surface area contributed by atoms with Crippen LogP contribution in [0.5, 0.6) is 5.75 Å². The fourth-order valence-corrected chi connectivity index (χ4v) is 1.95. The first-order valence-corrected chi connectivity index (χ1v) is 6.95. The number of esters is 1. The third-order valence-electron chi connectivity index (χ3n) is 2.87. The molecule has 0 unspecified atom stereocenters. The van der Waals surface area contributed by atoms with Gasteiger partial charge < -0.3 is 15.2 Å². The van der Waals surface area contributed by atoms with E-state index in [4.69, 9.17) is 26.8 Å². The summed E-state index contributed by atoms with van der Waals surface area (Å²) in [6.07, 6.45) is 0. The molecule has 0 atom stereocenters. The van der Waals surface area contributed by atoms with Crippen molar-refractivity contribution in [1.29, 1.82) is 0 Å². The molecule has 120 valence electrons. The van der Waals surface area contributed by atoms with Gasteiger partial charge in [0.05, 0.1) is 15.5 Å². The van der Waals surface area contributed by atoms with E-state index in [-0.39, 0.29) is 30.2 Å². The Morgan fingerprint density at radius 2 is 1.96 bits per heavy atom. The summed E-state index contributed by atoms with van der Waals surface area (Å²) in [4.78, 5) is 22.0. The smallest absolute Gasteiger partial charge is 0.338 e. The molecule has 7 nitrogen and oxygen atoms in total. The molecule has 0 aliphatic rings. The van der Waals surface area contributed by atoms with Crippen molar-refractivity contribution in [2.24, 2.45) is 0 Å². The lowest BCUT2D eigenvalue weighted by Crippen LogP contribution is -2.13. The number of hydrogen-bond acceptors (Lipinski definition) is 6. The van der Waals surface area contributed by atoms with Crippen LogP contribution in [-0.2, 0) is 4.74 Å². The third-order valence-corrected chi connectivity index (χ3v) is 3.19. The van der Waals surface area contributed by atoms with E-state index in [0.29, 0.717) is 10.8 Å². The zero-order chi connectivity index (χ0) is 16.8. The number of rotatable bonds is 6. The molecule has 2 aromatic carbocycles. The number of hydrogen-bond donors (Lipinski definition) is 1. The van der Waals surface area contributed by atoms with E-state index in [0.717, 1.165) is 6.07 Å². The summed E-state index contributed by atoms with van der Waals surface area (Å²) in [5.74, 6) is -0.218. The number of ether oxygens (including phenoxy) is 2. The number of nitrogens with two attached hydrogens (primary N) is 1. The third kappa shape index (κ3) is 4.33. The van der Waals surface area contributed by atoms with Crippen molar-refractivity contribution in [2.75, 3.05) is 18.9 Å². The molecule has 0 aliphatic heterocycles. The second kappa shape index (κ2) is 7.46. The Balaban J connectivity index is 1.89. The molecule has 0 aromatic heterocycles. The SMILES string of the molecule is Nc1ccc(C(=O)OCCOc2ccccc2Cl)cc1[N+](=O)[O-]. The largest absolute Gasteiger partial charge is 0.488 e. The standard InChI is InChI=1S/C15H13ClN2O5/c16-11-3-1-2-4-14(11)22-7-8-23-15(19)10-5-6-12(17)13(9-10)18(20)21/h1-6,9H,7-8,17H2. The molecule has 8 heteroatoms. The number of carbonyl (C=O) groups is 1. The molecule has 0 fully saturated rings. The average Bonchev–Trinajstić information content (AvgIpc) is 2.53. The van der Waals surface area contributed by atoms with E-state index in [1.807, 2.05) is 0 Å². The highest BCUT2D eigenvalue weighted by Crippen LogP contribution is 2.24. The van der Waals surface area contributed by atoms with Gasteiger partial charge in [-0.2, -0.15) is 0 Å². The summed E-state index contributed by atoms with van der Waals surface area (Å²) in [5, 5.41) is 11.2. The summed E-state index contributed by atoms with van der Waals surface area (Å²) in [5.41, 5.74) is 5.15. The molecule has 2 rings (SSSR count). The second-order valence-electron chi connectivity index (χ2n) is 4.45. The van der Waals surface area contributed by atoms with Crippen LogP contribution in [0.1, 0.15) is 10.4 Å². The summed E-state index contributed by atoms with van der Waals surface area (Å²) in [6.45, 7) is 0.0781. The summed E-state index contributed by atoms with van der Waals surface area (Å²) < 4.78 is 10.4. The van der Waals surface area contributed by atoms with Gasteiger partial charge in [0, 0.05) is 6.07 Å². The van der Waals surface area contributed by atoms with Crippen molar-refractivity contribution in [1.82, 2.24) is 0 Å². The van der Waals surface area contributed by atoms with Crippen LogP contribution in [0, 0.1) is 10.1 Å². The highest BCUT2D eigenvalue weighted by atomic mass is 35.5. The van der Waals surface area contributed by atoms with Gasteiger partial charge in [0.2, 0.25) is 0 Å². The van der Waals surface area contributed by atoms with E-state index in [2.05, 4.69) is 0 Å². The molecule has 0 bridgehead atoms. The number of halogens is 1. The lowest BCUT2D eigenvalue weighted by Gasteiger charge is -2.08. The topological polar surface area (TPSA) is 105 Å². The first kappa shape index (κ1) is 16.6. The zero-order valence-corrected chi connectivity index (χ0v) is 12.7. The van der Waals surface area contributed by atoms with E-state index in [1.165, 1.54) is 12.1 Å². The zero-order valence-electron chi connectivity index (χ0n) is 11.9. The van der Waals surface area contributed by atoms with Gasteiger partial charge in [-0.15, -0.1) is 0 Å². The maximum absolute atomic E-state index is 11.8. The fraction of sp³-hybridized carbons (Fsp3) is 0.133. The van der Waals surface area contributed by atoms with Crippen molar-refractivity contribution < 1.29 is 19.2 Å². The molecule has 0 radical (unpaired) electrons. The number of para-hydroxylation sites is 1. The van der Waals surface area contributed by atoms with Crippen LogP contribution in [0.15, 0.2) is 42.5 Å². The van der Waals surface area contributed by atoms with Gasteiger partial charge in [-0.3, -0.25) is 10.1 Å². The van der Waals surface area contributed by atoms with Crippen molar-refractivity contribution in [2.45, 2.75) is 0 Å². The highest BCUT2D eigenvalue weighted by molar-refractivity contribution is 6.32. The van der Waals surface area contributed by atoms with Crippen LogP contribution in [-0.4, -0.2) is 24.1 Å². The number of nitro benzene ring substituents is 1. The van der Waals surface area contributed by atoms with Gasteiger partial charge in [0.15, 0.2) is 0 Å². The van der Waals surface area contributed by atoms with Gasteiger partial charge in [0.1, 0.15) is 24.7 Å². The Bertz CT molecular complexity index is 736. The Morgan fingerprint density at radius 3 is 2.65 bits per heavy atom. The van der Waals surface area contributed by atoms with Crippen molar-refractivity contribution >= 4 is 28.9 Å². The normalized spacial score (nSPS) is 10.1. The Labute approximate surface area is 136 Å². The van der Waals surface area contributed by atoms with E-state index < -0.39 is 10.9 Å². The quantitative estimate of drug-likeness (QED) is 0.286. The average molecular weight is 337 g/mol. The molecular weight excluding hydrogens is 324 g/mol. The molecule has 23 heavy (non-hydrogen) atoms. The minimum Gasteiger partial charge on any atom is -0.488 e. The Kier molecular flexibility index (Phi) is 5.37. The molecule has 0 saturated carbocycles. The molecular formula is C15H13ClN2O5. The fourth-order valence-electron chi connectivity index (χ4n) is 1.76. The Hall–Kier alpha value is -2.80. The molecule has 2 N–H and O–H groups in total. The first-order valence-electron chi connectivity index (χ1n) is 6.57. The monoisotopic (exact) mass is 336 g/mol. The molecule has 0 saturated heterocycles. The van der Waals surface area contributed by atoms with Gasteiger partial charge in [-0.1, -0.05) is 23.7 Å². The van der Waals surface area contributed by atoms with Crippen LogP contribution in [0.3, 0.4) is 0 Å². The van der Waals surface area contributed by atoms with Gasteiger partial charge in [0.25, 0.3) is 5.69 Å². The molecule has 0 aliphatic carbocycles. The maximum atomic E-state index is 11.8. The van der Waals surface area contributed by atoms with Gasteiger partial charge >= 0.3 is 5.97 Å². The van der Waals surface area contributed by atoms with Crippen molar-refractivity contribution in [3.63, 3.8) is 0 Å². The predicted molar refractivity (Wildman–Crippen MR) is 84.7 cm³/mol. The number of anilines is 1. The molecule has 0 heterocycles. The predicted octanol–water partition coefficient (Wildman–Crippen LogP) is 3.07. The van der Waals surface area contributed by atoms with Gasteiger partial charge in [-0.05, 0) is 24.3 Å². The molecule has 0 amide bonds. The second-order valence-corrected chi connectivity index (χ2v) is 4.85. The molecule has 0 spiro atoms. The number of benzene rings is 2. The maximum Gasteiger partial charge on any atom is 0.338 e. The number of nitro groups is 1. The minimum atomic E-state index is -0.698. The lowest BCUT2D eigenvalue weighted by molar-refractivity contribution is -0.383. The lowest BCUT2D eigenvalue weighted by atomic mass is 10.2. The van der Waals surface area contributed by atoms with Crippen LogP contribution in [0.4, 0.5) is 11.4 Å². The minimum absolute atomic E-state index is 0.0198. The van der Waals surface area contributed by atoms with Crippen LogP contribution >= 0.6 is 11.6 Å². The number of nitrogens with zero attached hydrogens (tertiary/aromatic N) is 1. The Morgan fingerprint density at radius 1 is 1.22 bits per heavy atom. The summed E-state index contributed by atoms with van der Waals surface area (Å²) >= 11 is 5.92. The number of carbonyl (C=O) groups excluding carboxylic acids is 1. The summed E-state index contributed by atoms with van der Waals surface area (Å²) in [7, 11) is 0. The molecule has 2 aromatic rings. The van der Waals surface area contributed by atoms with E-state index >= 15 is 0 Å². The van der Waals surface area contributed by atoms with Crippen molar-refractivity contribution in [3.8, 4) is 5.75 Å². The van der Waals surface area contributed by atoms with Crippen molar-refractivity contribution in [3.05, 3.63) is 63.2 Å². The van der Waals surface area contributed by atoms with Crippen LogP contribution < -0.4 is 10.5 Å². The summed E-state index contributed by atoms with van der Waals surface area (Å²) in [6, 6.07) is 10.6. The van der Waals surface area contributed by atoms with Gasteiger partial charge in [-0.25, -0.2) is 4.79 Å². The highest BCUT2D eigenvalue weighted by Gasteiger charge is 2.16. The number of nitrogen functional groups attached to an aromatic ring is 1. The van der Waals surface area contributed by atoms with Crippen LogP contribution in [0.2, 0.25) is 5.02 Å².